The molecule has 3 rings (SSSR count). The second-order valence-electron chi connectivity index (χ2n) is 4.19. The van der Waals surface area contributed by atoms with Crippen molar-refractivity contribution in [3.8, 4) is 0 Å². The van der Waals surface area contributed by atoms with Crippen molar-refractivity contribution in [2.24, 2.45) is 5.92 Å². The normalized spacial score (nSPS) is 23.6. The Labute approximate surface area is 90.9 Å². The molecule has 2 atom stereocenters. The van der Waals surface area contributed by atoms with Crippen molar-refractivity contribution in [3.63, 3.8) is 0 Å². The standard InChI is InChI=1S/C12H10FNO2/c13-9-2-1-3-10-11(9)8(5-14-10)6-4-7(6)12(15)16/h1-3,5-7,14H,4H2,(H,15,16)/t6-,7-/m1/s1. The molecular weight excluding hydrogens is 209 g/mol. The second-order valence-corrected chi connectivity index (χ2v) is 4.19. The van der Waals surface area contributed by atoms with Gasteiger partial charge in [0.1, 0.15) is 5.82 Å². The van der Waals surface area contributed by atoms with E-state index in [0.717, 1.165) is 11.1 Å². The number of aromatic nitrogens is 1. The number of benzene rings is 1. The Hall–Kier alpha value is -1.84. The fourth-order valence-electron chi connectivity index (χ4n) is 2.27. The third-order valence-corrected chi connectivity index (χ3v) is 3.19. The van der Waals surface area contributed by atoms with E-state index in [1.807, 2.05) is 0 Å². The Bertz CT molecular complexity index is 575. The molecule has 1 saturated carbocycles. The number of H-pyrrole nitrogens is 1. The highest BCUT2D eigenvalue weighted by Crippen LogP contribution is 2.49. The van der Waals surface area contributed by atoms with Crippen LogP contribution in [0.3, 0.4) is 0 Å². The summed E-state index contributed by atoms with van der Waals surface area (Å²) >= 11 is 0. The second kappa shape index (κ2) is 3.07. The van der Waals surface area contributed by atoms with Crippen molar-refractivity contribution in [1.29, 1.82) is 0 Å². The molecule has 2 N–H and O–H groups in total. The van der Waals surface area contributed by atoms with E-state index < -0.39 is 5.97 Å². The molecule has 82 valence electrons. The van der Waals surface area contributed by atoms with Crippen molar-refractivity contribution >= 4 is 16.9 Å². The molecule has 0 aliphatic heterocycles. The smallest absolute Gasteiger partial charge is 0.307 e. The summed E-state index contributed by atoms with van der Waals surface area (Å²) in [6, 6.07) is 4.83. The van der Waals surface area contributed by atoms with E-state index in [1.54, 1.807) is 18.3 Å². The third kappa shape index (κ3) is 1.23. The number of halogens is 1. The molecule has 1 fully saturated rings. The SMILES string of the molecule is O=C(O)[C@@H]1C[C@H]1c1c[nH]c2cccc(F)c12. The van der Waals surface area contributed by atoms with Crippen LogP contribution in [0.4, 0.5) is 4.39 Å². The number of carboxylic acids is 1. The van der Waals surface area contributed by atoms with Crippen LogP contribution in [0.15, 0.2) is 24.4 Å². The summed E-state index contributed by atoms with van der Waals surface area (Å²) in [4.78, 5) is 13.8. The van der Waals surface area contributed by atoms with Crippen LogP contribution >= 0.6 is 0 Å². The highest BCUT2D eigenvalue weighted by Gasteiger charge is 2.45. The zero-order chi connectivity index (χ0) is 11.3. The maximum Gasteiger partial charge on any atom is 0.307 e. The third-order valence-electron chi connectivity index (χ3n) is 3.19. The van der Waals surface area contributed by atoms with Crippen LogP contribution in [0.1, 0.15) is 17.9 Å². The maximum atomic E-state index is 13.6. The van der Waals surface area contributed by atoms with E-state index in [1.165, 1.54) is 6.07 Å². The first-order valence-corrected chi connectivity index (χ1v) is 5.17. The number of hydrogen-bond acceptors (Lipinski definition) is 1. The molecule has 0 amide bonds. The first-order chi connectivity index (χ1) is 7.68. The summed E-state index contributed by atoms with van der Waals surface area (Å²) in [5.74, 6) is -1.47. The van der Waals surface area contributed by atoms with Crippen LogP contribution in [-0.4, -0.2) is 16.1 Å². The number of nitrogens with one attached hydrogen (secondary N) is 1. The molecule has 0 spiro atoms. The summed E-state index contributed by atoms with van der Waals surface area (Å²) < 4.78 is 13.6. The van der Waals surface area contributed by atoms with Crippen LogP contribution in [0.2, 0.25) is 0 Å². The van der Waals surface area contributed by atoms with Crippen molar-refractivity contribution in [2.75, 3.05) is 0 Å². The first kappa shape index (κ1) is 9.39. The molecule has 2 aromatic rings. The molecule has 3 nitrogen and oxygen atoms in total. The average molecular weight is 219 g/mol. The molecule has 1 aromatic carbocycles. The number of carboxylic acid groups (broad SMARTS) is 1. The Kier molecular flexibility index (Phi) is 1.80. The van der Waals surface area contributed by atoms with Gasteiger partial charge in [0.2, 0.25) is 0 Å². The molecule has 0 saturated heterocycles. The fourth-order valence-corrected chi connectivity index (χ4v) is 2.27. The van der Waals surface area contributed by atoms with E-state index in [0.29, 0.717) is 11.8 Å². The predicted molar refractivity (Wildman–Crippen MR) is 56.7 cm³/mol. The summed E-state index contributed by atoms with van der Waals surface area (Å²) in [6.07, 6.45) is 2.33. The Morgan fingerprint density at radius 2 is 2.31 bits per heavy atom. The maximum absolute atomic E-state index is 13.6. The largest absolute Gasteiger partial charge is 0.481 e. The minimum absolute atomic E-state index is 0.0388. The summed E-state index contributed by atoms with van der Waals surface area (Å²) in [5.41, 5.74) is 1.52. The minimum atomic E-state index is -0.796. The molecule has 16 heavy (non-hydrogen) atoms. The number of aliphatic carboxylic acids is 1. The van der Waals surface area contributed by atoms with Gasteiger partial charge in [0, 0.05) is 23.0 Å². The van der Waals surface area contributed by atoms with Crippen LogP contribution in [0.5, 0.6) is 0 Å². The van der Waals surface area contributed by atoms with Crippen molar-refractivity contribution in [3.05, 3.63) is 35.8 Å². The number of aromatic amines is 1. The molecule has 1 aromatic heterocycles. The number of fused-ring (bicyclic) bond motifs is 1. The van der Waals surface area contributed by atoms with E-state index in [-0.39, 0.29) is 17.7 Å². The van der Waals surface area contributed by atoms with Crippen LogP contribution in [0.25, 0.3) is 10.9 Å². The Morgan fingerprint density at radius 3 is 3.00 bits per heavy atom. The van der Waals surface area contributed by atoms with Gasteiger partial charge in [0.25, 0.3) is 0 Å². The van der Waals surface area contributed by atoms with E-state index in [2.05, 4.69) is 4.98 Å². The Balaban J connectivity index is 2.09. The van der Waals surface area contributed by atoms with Gasteiger partial charge in [-0.05, 0) is 24.1 Å². The van der Waals surface area contributed by atoms with E-state index in [9.17, 15) is 9.18 Å². The minimum Gasteiger partial charge on any atom is -0.481 e. The van der Waals surface area contributed by atoms with E-state index in [4.69, 9.17) is 5.11 Å². The highest BCUT2D eigenvalue weighted by molar-refractivity contribution is 5.86. The molecule has 1 aliphatic carbocycles. The zero-order valence-electron chi connectivity index (χ0n) is 8.40. The van der Waals surface area contributed by atoms with Crippen LogP contribution in [0, 0.1) is 11.7 Å². The van der Waals surface area contributed by atoms with Crippen LogP contribution < -0.4 is 0 Å². The number of hydrogen-bond donors (Lipinski definition) is 2. The summed E-state index contributed by atoms with van der Waals surface area (Å²) in [7, 11) is 0. The lowest BCUT2D eigenvalue weighted by atomic mass is 10.1. The lowest BCUT2D eigenvalue weighted by molar-refractivity contribution is -0.138. The molecule has 1 aliphatic rings. The quantitative estimate of drug-likeness (QED) is 0.815. The van der Waals surface area contributed by atoms with Crippen LogP contribution in [-0.2, 0) is 4.79 Å². The fraction of sp³-hybridized carbons (Fsp3) is 0.250. The first-order valence-electron chi connectivity index (χ1n) is 5.17. The monoisotopic (exact) mass is 219 g/mol. The summed E-state index contributed by atoms with van der Waals surface area (Å²) in [5, 5.41) is 9.40. The molecule has 1 heterocycles. The number of carbonyl (C=O) groups is 1. The van der Waals surface area contributed by atoms with Gasteiger partial charge in [-0.1, -0.05) is 6.07 Å². The van der Waals surface area contributed by atoms with Gasteiger partial charge in [-0.25, -0.2) is 4.39 Å². The molecular formula is C12H10FNO2. The zero-order valence-corrected chi connectivity index (χ0v) is 8.40. The molecule has 4 heteroatoms. The Morgan fingerprint density at radius 1 is 1.50 bits per heavy atom. The van der Waals surface area contributed by atoms with Crippen molar-refractivity contribution < 1.29 is 14.3 Å². The summed E-state index contributed by atoms with van der Waals surface area (Å²) in [6.45, 7) is 0. The predicted octanol–water partition coefficient (Wildman–Crippen LogP) is 2.50. The molecule has 0 radical (unpaired) electrons. The van der Waals surface area contributed by atoms with Gasteiger partial charge in [0.15, 0.2) is 0 Å². The molecule has 0 bridgehead atoms. The van der Waals surface area contributed by atoms with Crippen molar-refractivity contribution in [2.45, 2.75) is 12.3 Å². The topological polar surface area (TPSA) is 53.1 Å². The molecule has 0 unspecified atom stereocenters. The van der Waals surface area contributed by atoms with E-state index >= 15 is 0 Å². The van der Waals surface area contributed by atoms with Gasteiger partial charge in [-0.15, -0.1) is 0 Å². The van der Waals surface area contributed by atoms with Crippen molar-refractivity contribution in [1.82, 2.24) is 4.98 Å². The van der Waals surface area contributed by atoms with Gasteiger partial charge in [-0.2, -0.15) is 0 Å². The van der Waals surface area contributed by atoms with Gasteiger partial charge < -0.3 is 10.1 Å². The highest BCUT2D eigenvalue weighted by atomic mass is 19.1. The van der Waals surface area contributed by atoms with Gasteiger partial charge in [0.05, 0.1) is 5.92 Å². The van der Waals surface area contributed by atoms with Gasteiger partial charge in [-0.3, -0.25) is 4.79 Å². The lowest BCUT2D eigenvalue weighted by Crippen LogP contribution is -1.98. The average Bonchev–Trinajstić information content (AvgIpc) is 2.93. The lowest BCUT2D eigenvalue weighted by Gasteiger charge is -1.97. The van der Waals surface area contributed by atoms with Gasteiger partial charge >= 0.3 is 5.97 Å². The number of rotatable bonds is 2.